The zero-order valence-corrected chi connectivity index (χ0v) is 12.4. The van der Waals surface area contributed by atoms with E-state index in [0.29, 0.717) is 11.9 Å². The summed E-state index contributed by atoms with van der Waals surface area (Å²) in [4.78, 5) is 26.9. The number of aromatic nitrogens is 2. The minimum atomic E-state index is -0.226. The molecule has 0 radical (unpaired) electrons. The Morgan fingerprint density at radius 1 is 1.00 bits per heavy atom. The van der Waals surface area contributed by atoms with Gasteiger partial charge in [0.25, 0.3) is 5.56 Å². The lowest BCUT2D eigenvalue weighted by atomic mass is 10.1. The maximum absolute atomic E-state index is 12.4. The number of piperidine rings is 1. The molecule has 2 aromatic rings. The quantitative estimate of drug-likeness (QED) is 0.852. The van der Waals surface area contributed by atoms with Gasteiger partial charge in [0.1, 0.15) is 0 Å². The van der Waals surface area contributed by atoms with E-state index in [0.717, 1.165) is 25.2 Å². The minimum absolute atomic E-state index is 0.218. The van der Waals surface area contributed by atoms with Crippen LogP contribution in [0, 0.1) is 0 Å². The molecule has 3 rings (SSSR count). The fraction of sp³-hybridized carbons (Fsp3) is 0.500. The highest BCUT2D eigenvalue weighted by molar-refractivity contribution is 5.77. The highest BCUT2D eigenvalue weighted by Crippen LogP contribution is 2.10. The smallest absolute Gasteiger partial charge is 0.302 e. The molecule has 0 unspecified atom stereocenters. The summed E-state index contributed by atoms with van der Waals surface area (Å²) >= 11 is 0. The van der Waals surface area contributed by atoms with Gasteiger partial charge in [-0.05, 0) is 38.1 Å². The summed E-state index contributed by atoms with van der Waals surface area (Å²) in [5, 5.41) is 0.609. The molecule has 0 spiro atoms. The molecule has 1 aromatic heterocycles. The summed E-state index contributed by atoms with van der Waals surface area (Å²) in [6.45, 7) is 3.71. The summed E-state index contributed by atoms with van der Waals surface area (Å²) in [6.07, 6.45) is 3.78. The van der Waals surface area contributed by atoms with Crippen LogP contribution in [0.5, 0.6) is 0 Å². The van der Waals surface area contributed by atoms with E-state index in [4.69, 9.17) is 0 Å². The van der Waals surface area contributed by atoms with Crippen LogP contribution < -0.4 is 11.2 Å². The molecule has 1 fully saturated rings. The van der Waals surface area contributed by atoms with Crippen molar-refractivity contribution in [2.75, 3.05) is 19.6 Å². The average Bonchev–Trinajstić information content (AvgIpc) is 2.54. The van der Waals surface area contributed by atoms with Crippen LogP contribution in [0.3, 0.4) is 0 Å². The standard InChI is InChI=1S/C16H21N3O2/c1-17-15(20)13-7-3-4-8-14(13)19(16(17)21)12-11-18-9-5-2-6-10-18/h3-4,7-8H,2,5-6,9-12H2,1H3. The molecule has 0 bridgehead atoms. The van der Waals surface area contributed by atoms with Gasteiger partial charge in [0.15, 0.2) is 0 Å². The molecule has 21 heavy (non-hydrogen) atoms. The number of nitrogens with zero attached hydrogens (tertiary/aromatic N) is 3. The maximum Gasteiger partial charge on any atom is 0.331 e. The van der Waals surface area contributed by atoms with E-state index in [9.17, 15) is 9.59 Å². The number of para-hydroxylation sites is 1. The van der Waals surface area contributed by atoms with E-state index in [2.05, 4.69) is 4.90 Å². The van der Waals surface area contributed by atoms with E-state index in [1.807, 2.05) is 18.2 Å². The van der Waals surface area contributed by atoms with Crippen LogP contribution in [-0.4, -0.2) is 33.7 Å². The highest BCUT2D eigenvalue weighted by atomic mass is 16.2. The first-order valence-corrected chi connectivity index (χ1v) is 7.59. The second-order valence-electron chi connectivity index (χ2n) is 5.72. The van der Waals surface area contributed by atoms with Crippen molar-refractivity contribution in [3.63, 3.8) is 0 Å². The molecule has 1 aromatic carbocycles. The van der Waals surface area contributed by atoms with Crippen molar-refractivity contribution in [1.29, 1.82) is 0 Å². The molecule has 0 saturated carbocycles. The summed E-state index contributed by atoms with van der Waals surface area (Å²) < 4.78 is 2.93. The molecular formula is C16H21N3O2. The molecule has 1 aliphatic rings. The topological polar surface area (TPSA) is 47.2 Å². The molecule has 0 amide bonds. The Kier molecular flexibility index (Phi) is 3.92. The molecule has 1 aliphatic heterocycles. The fourth-order valence-electron chi connectivity index (χ4n) is 3.08. The molecule has 0 N–H and O–H groups in total. The highest BCUT2D eigenvalue weighted by Gasteiger charge is 2.13. The monoisotopic (exact) mass is 287 g/mol. The Hall–Kier alpha value is -1.88. The van der Waals surface area contributed by atoms with Gasteiger partial charge in [-0.25, -0.2) is 4.79 Å². The first-order chi connectivity index (χ1) is 10.2. The van der Waals surface area contributed by atoms with Crippen molar-refractivity contribution in [2.24, 2.45) is 7.05 Å². The van der Waals surface area contributed by atoms with Gasteiger partial charge in [-0.3, -0.25) is 13.9 Å². The lowest BCUT2D eigenvalue weighted by Gasteiger charge is -2.26. The average molecular weight is 287 g/mol. The van der Waals surface area contributed by atoms with Crippen molar-refractivity contribution in [1.82, 2.24) is 14.0 Å². The number of likely N-dealkylation sites (tertiary alicyclic amines) is 1. The third-order valence-corrected chi connectivity index (χ3v) is 4.34. The predicted octanol–water partition coefficient (Wildman–Crippen LogP) is 1.19. The summed E-state index contributed by atoms with van der Waals surface area (Å²) in [7, 11) is 1.55. The summed E-state index contributed by atoms with van der Waals surface area (Å²) in [5.41, 5.74) is 0.295. The van der Waals surface area contributed by atoms with Crippen molar-refractivity contribution < 1.29 is 0 Å². The summed E-state index contributed by atoms with van der Waals surface area (Å²) in [6, 6.07) is 7.35. The summed E-state index contributed by atoms with van der Waals surface area (Å²) in [5.74, 6) is 0. The number of benzene rings is 1. The van der Waals surface area contributed by atoms with Crippen LogP contribution in [0.4, 0.5) is 0 Å². The molecule has 2 heterocycles. The zero-order valence-electron chi connectivity index (χ0n) is 12.4. The third kappa shape index (κ3) is 2.65. The van der Waals surface area contributed by atoms with Crippen molar-refractivity contribution in [3.8, 4) is 0 Å². The van der Waals surface area contributed by atoms with Gasteiger partial charge in [0.2, 0.25) is 0 Å². The SMILES string of the molecule is Cn1c(=O)c2ccccc2n(CCN2CCCCC2)c1=O. The molecule has 112 valence electrons. The number of hydrogen-bond acceptors (Lipinski definition) is 3. The maximum atomic E-state index is 12.4. The van der Waals surface area contributed by atoms with Crippen LogP contribution in [-0.2, 0) is 13.6 Å². The van der Waals surface area contributed by atoms with Gasteiger partial charge in [-0.1, -0.05) is 18.6 Å². The largest absolute Gasteiger partial charge is 0.331 e. The van der Waals surface area contributed by atoms with E-state index in [1.165, 1.54) is 23.8 Å². The lowest BCUT2D eigenvalue weighted by Crippen LogP contribution is -2.41. The Morgan fingerprint density at radius 3 is 2.48 bits per heavy atom. The van der Waals surface area contributed by atoms with Gasteiger partial charge in [0.05, 0.1) is 10.9 Å². The Labute approximate surface area is 123 Å². The minimum Gasteiger partial charge on any atom is -0.302 e. The number of fused-ring (bicyclic) bond motifs is 1. The van der Waals surface area contributed by atoms with E-state index < -0.39 is 0 Å². The fourth-order valence-corrected chi connectivity index (χ4v) is 3.08. The van der Waals surface area contributed by atoms with Crippen LogP contribution in [0.25, 0.3) is 10.9 Å². The molecule has 0 aliphatic carbocycles. The first-order valence-electron chi connectivity index (χ1n) is 7.59. The van der Waals surface area contributed by atoms with Crippen LogP contribution in [0.2, 0.25) is 0 Å². The van der Waals surface area contributed by atoms with Crippen LogP contribution in [0.1, 0.15) is 19.3 Å². The molecule has 5 nitrogen and oxygen atoms in total. The third-order valence-electron chi connectivity index (χ3n) is 4.34. The van der Waals surface area contributed by atoms with Gasteiger partial charge < -0.3 is 4.90 Å². The van der Waals surface area contributed by atoms with Crippen molar-refractivity contribution in [2.45, 2.75) is 25.8 Å². The van der Waals surface area contributed by atoms with Crippen LogP contribution in [0.15, 0.2) is 33.9 Å². The Bertz CT molecular complexity index is 754. The first kappa shape index (κ1) is 14.1. The van der Waals surface area contributed by atoms with Crippen LogP contribution >= 0.6 is 0 Å². The molecule has 5 heteroatoms. The lowest BCUT2D eigenvalue weighted by molar-refractivity contribution is 0.220. The van der Waals surface area contributed by atoms with E-state index >= 15 is 0 Å². The van der Waals surface area contributed by atoms with E-state index in [-0.39, 0.29) is 11.2 Å². The second kappa shape index (κ2) is 5.85. The molecular weight excluding hydrogens is 266 g/mol. The van der Waals surface area contributed by atoms with Gasteiger partial charge >= 0.3 is 5.69 Å². The van der Waals surface area contributed by atoms with Gasteiger partial charge in [-0.2, -0.15) is 0 Å². The normalized spacial score (nSPS) is 16.4. The molecule has 0 atom stereocenters. The Balaban J connectivity index is 1.97. The zero-order chi connectivity index (χ0) is 14.8. The Morgan fingerprint density at radius 2 is 1.71 bits per heavy atom. The number of hydrogen-bond donors (Lipinski definition) is 0. The number of rotatable bonds is 3. The van der Waals surface area contributed by atoms with Crippen molar-refractivity contribution in [3.05, 3.63) is 45.1 Å². The van der Waals surface area contributed by atoms with E-state index in [1.54, 1.807) is 17.7 Å². The van der Waals surface area contributed by atoms with Gasteiger partial charge in [0, 0.05) is 20.1 Å². The predicted molar refractivity (Wildman–Crippen MR) is 83.7 cm³/mol. The second-order valence-corrected chi connectivity index (χ2v) is 5.72. The van der Waals surface area contributed by atoms with Crippen molar-refractivity contribution >= 4 is 10.9 Å². The molecule has 1 saturated heterocycles. The van der Waals surface area contributed by atoms with Gasteiger partial charge in [-0.15, -0.1) is 0 Å².